The summed E-state index contributed by atoms with van der Waals surface area (Å²) in [6, 6.07) is 6.96. The number of hydrogen-bond donors (Lipinski definition) is 0. The van der Waals surface area contributed by atoms with Crippen LogP contribution >= 0.6 is 27.5 Å². The van der Waals surface area contributed by atoms with E-state index in [-0.39, 0.29) is 56.5 Å². The Hall–Kier alpha value is -3.00. The van der Waals surface area contributed by atoms with Crippen molar-refractivity contribution in [3.05, 3.63) is 80.6 Å². The summed E-state index contributed by atoms with van der Waals surface area (Å²) < 4.78 is 35.2. The second kappa shape index (κ2) is 14.3. The molecule has 1 saturated carbocycles. The van der Waals surface area contributed by atoms with Crippen molar-refractivity contribution >= 4 is 49.4 Å². The monoisotopic (exact) mass is 772 g/mol. The maximum absolute atomic E-state index is 14.7. The van der Waals surface area contributed by atoms with Crippen molar-refractivity contribution in [2.24, 2.45) is 0 Å². The third kappa shape index (κ3) is 7.27. The molecule has 1 aromatic carbocycles. The number of hydrogen-bond acceptors (Lipinski definition) is 8. The molecule has 0 spiro atoms. The molecule has 4 aliphatic rings. The number of rotatable bonds is 5. The molecular weight excluding hydrogens is 732 g/mol. The number of aryl methyl sites for hydroxylation is 3. The Balaban J connectivity index is 1.21. The van der Waals surface area contributed by atoms with Crippen molar-refractivity contribution in [1.82, 2.24) is 29.2 Å². The first-order valence-corrected chi connectivity index (χ1v) is 20.1. The van der Waals surface area contributed by atoms with Gasteiger partial charge >= 0.3 is 6.09 Å². The highest BCUT2D eigenvalue weighted by atomic mass is 79.9. The smallest absolute Gasteiger partial charge is 0.410 e. The highest BCUT2D eigenvalue weighted by Crippen LogP contribution is 2.39. The summed E-state index contributed by atoms with van der Waals surface area (Å²) in [7, 11) is -3.45. The van der Waals surface area contributed by atoms with Gasteiger partial charge in [-0.2, -0.15) is 0 Å². The van der Waals surface area contributed by atoms with Gasteiger partial charge in [0.2, 0.25) is 5.91 Å². The van der Waals surface area contributed by atoms with Crippen LogP contribution in [0.2, 0.25) is 5.02 Å². The number of imidazole rings is 1. The van der Waals surface area contributed by atoms with Gasteiger partial charge in [0.15, 0.2) is 9.84 Å². The van der Waals surface area contributed by atoms with Gasteiger partial charge in [0, 0.05) is 66.9 Å². The molecule has 0 radical (unpaired) electrons. The van der Waals surface area contributed by atoms with Gasteiger partial charge in [-0.15, -0.1) is 0 Å². The Morgan fingerprint density at radius 2 is 1.82 bits per heavy atom. The van der Waals surface area contributed by atoms with E-state index in [2.05, 4.69) is 37.9 Å². The molecule has 11 nitrogen and oxygen atoms in total. The normalized spacial score (nSPS) is 24.5. The summed E-state index contributed by atoms with van der Waals surface area (Å²) >= 11 is 10.1. The Bertz CT molecular complexity index is 1780. The van der Waals surface area contributed by atoms with Crippen molar-refractivity contribution in [3.63, 3.8) is 0 Å². The van der Waals surface area contributed by atoms with Gasteiger partial charge in [-0.1, -0.05) is 24.1 Å². The van der Waals surface area contributed by atoms with E-state index in [1.54, 1.807) is 22.3 Å². The Morgan fingerprint density at radius 3 is 2.59 bits per heavy atom. The van der Waals surface area contributed by atoms with Crippen molar-refractivity contribution < 1.29 is 22.7 Å². The number of pyridine rings is 1. The highest BCUT2D eigenvalue weighted by Gasteiger charge is 2.45. The highest BCUT2D eigenvalue weighted by molar-refractivity contribution is 9.10. The molecule has 7 rings (SSSR count). The standard InChI is InChI=1S/C35H42BrClN6O5S/c1-23-17-38-22-42(23)20-29-19-41(13-14-49(29,46)47)34(44)31-21-40(11-12-43(31)35(45)48-28-5-3-2-4-6-28)33-30-10-9-27(37)16-24(30)7-8-25-15-26(36)18-39-32(25)33/h9-10,15-18,22,28-29,31,33H,2-8,11-14,19-21H2,1H3/t29?,31-,33?/m1/s1. The molecular formula is C35H42BrClN6O5S. The Labute approximate surface area is 301 Å². The lowest BCUT2D eigenvalue weighted by atomic mass is 9.95. The van der Waals surface area contributed by atoms with E-state index in [4.69, 9.17) is 21.3 Å². The molecule has 0 N–H and O–H groups in total. The van der Waals surface area contributed by atoms with E-state index in [0.29, 0.717) is 11.6 Å². The molecule has 2 aromatic heterocycles. The van der Waals surface area contributed by atoms with Crippen LogP contribution < -0.4 is 0 Å². The first-order chi connectivity index (χ1) is 23.6. The van der Waals surface area contributed by atoms with Crippen LogP contribution in [-0.2, 0) is 38.8 Å². The van der Waals surface area contributed by atoms with Gasteiger partial charge in [-0.25, -0.2) is 18.2 Å². The van der Waals surface area contributed by atoms with Crippen LogP contribution in [0.25, 0.3) is 0 Å². The lowest BCUT2D eigenvalue weighted by molar-refractivity contribution is -0.139. The quantitative estimate of drug-likeness (QED) is 0.357. The minimum absolute atomic E-state index is 0.0456. The molecule has 4 heterocycles. The number of ether oxygens (including phenoxy) is 1. The van der Waals surface area contributed by atoms with E-state index in [1.807, 2.05) is 29.8 Å². The third-order valence-corrected chi connectivity index (χ3v) is 13.4. The molecule has 3 fully saturated rings. The number of amides is 2. The maximum atomic E-state index is 14.7. The molecule has 2 amide bonds. The second-order valence-corrected chi connectivity index (χ2v) is 17.5. The minimum atomic E-state index is -3.45. The number of nitrogens with zero attached hydrogens (tertiary/aromatic N) is 6. The molecule has 14 heteroatoms. The zero-order chi connectivity index (χ0) is 34.3. The van der Waals surface area contributed by atoms with Crippen LogP contribution in [0.4, 0.5) is 4.79 Å². The number of piperazine rings is 1. The Morgan fingerprint density at radius 1 is 1.02 bits per heavy atom. The summed E-state index contributed by atoms with van der Waals surface area (Å²) in [5, 5.41) is -0.116. The summed E-state index contributed by atoms with van der Waals surface area (Å²) in [4.78, 5) is 43.1. The number of benzene rings is 1. The average Bonchev–Trinajstić information content (AvgIpc) is 3.42. The molecule has 0 bridgehead atoms. The minimum Gasteiger partial charge on any atom is -0.446 e. The maximum Gasteiger partial charge on any atom is 0.410 e. The lowest BCUT2D eigenvalue weighted by Crippen LogP contribution is -2.64. The van der Waals surface area contributed by atoms with Gasteiger partial charge in [0.25, 0.3) is 0 Å². The van der Waals surface area contributed by atoms with Crippen molar-refractivity contribution in [3.8, 4) is 0 Å². The first kappa shape index (κ1) is 34.4. The molecule has 49 heavy (non-hydrogen) atoms. The fourth-order valence-electron chi connectivity index (χ4n) is 7.88. The van der Waals surface area contributed by atoms with Crippen molar-refractivity contribution in [1.29, 1.82) is 0 Å². The van der Waals surface area contributed by atoms with Gasteiger partial charge in [0.05, 0.1) is 29.1 Å². The number of halogens is 2. The summed E-state index contributed by atoms with van der Waals surface area (Å²) in [6.07, 6.45) is 10.9. The number of carbonyl (C=O) groups excluding carboxylic acids is 2. The van der Waals surface area contributed by atoms with Crippen LogP contribution in [-0.4, -0.2) is 106 Å². The van der Waals surface area contributed by atoms with Gasteiger partial charge < -0.3 is 14.2 Å². The van der Waals surface area contributed by atoms with E-state index in [1.165, 1.54) is 0 Å². The van der Waals surface area contributed by atoms with E-state index >= 15 is 0 Å². The van der Waals surface area contributed by atoms with Crippen molar-refractivity contribution in [2.75, 3.05) is 38.5 Å². The lowest BCUT2D eigenvalue weighted by Gasteiger charge is -2.45. The van der Waals surface area contributed by atoms with Gasteiger partial charge in [-0.3, -0.25) is 19.6 Å². The average molecular weight is 774 g/mol. The number of carbonyl (C=O) groups is 2. The third-order valence-electron chi connectivity index (χ3n) is 10.6. The largest absolute Gasteiger partial charge is 0.446 e. The fourth-order valence-corrected chi connectivity index (χ4v) is 10.1. The number of aromatic nitrogens is 3. The SMILES string of the molecule is Cc1cncn1CC1CN(C(=O)[C@H]2CN(C3c4ccc(Cl)cc4CCc4cc(Br)cnc43)CCN2C(=O)OC2CCCCC2)CCS1(=O)=O. The molecule has 262 valence electrons. The molecule has 2 aliphatic heterocycles. The molecule has 3 aromatic rings. The number of sulfone groups is 1. The van der Waals surface area contributed by atoms with Crippen LogP contribution in [0.15, 0.2) is 47.5 Å². The topological polar surface area (TPSA) is 118 Å². The molecule has 2 aliphatic carbocycles. The predicted octanol–water partition coefficient (Wildman–Crippen LogP) is 4.97. The van der Waals surface area contributed by atoms with Crippen LogP contribution in [0.5, 0.6) is 0 Å². The fraction of sp³-hybridized carbons (Fsp3) is 0.543. The number of fused-ring (bicyclic) bond motifs is 2. The van der Waals surface area contributed by atoms with Crippen LogP contribution in [0.1, 0.15) is 66.2 Å². The molecule has 2 saturated heterocycles. The first-order valence-electron chi connectivity index (χ1n) is 17.2. The van der Waals surface area contributed by atoms with Gasteiger partial charge in [-0.05, 0) is 96.3 Å². The predicted molar refractivity (Wildman–Crippen MR) is 189 cm³/mol. The van der Waals surface area contributed by atoms with E-state index in [9.17, 15) is 18.0 Å². The van der Waals surface area contributed by atoms with Crippen LogP contribution in [0.3, 0.4) is 0 Å². The molecule has 3 atom stereocenters. The van der Waals surface area contributed by atoms with Gasteiger partial charge in [0.1, 0.15) is 12.1 Å². The van der Waals surface area contributed by atoms with Crippen LogP contribution in [0, 0.1) is 6.92 Å². The van der Waals surface area contributed by atoms with Crippen molar-refractivity contribution in [2.45, 2.75) is 81.9 Å². The second-order valence-electron chi connectivity index (χ2n) is 13.8. The van der Waals surface area contributed by atoms with E-state index < -0.39 is 27.2 Å². The van der Waals surface area contributed by atoms with E-state index in [0.717, 1.165) is 77.5 Å². The zero-order valence-corrected chi connectivity index (χ0v) is 30.8. The zero-order valence-electron chi connectivity index (χ0n) is 27.6. The summed E-state index contributed by atoms with van der Waals surface area (Å²) in [6.45, 7) is 3.25. The molecule has 2 unspecified atom stereocenters. The Kier molecular flexibility index (Phi) is 10.1. The summed E-state index contributed by atoms with van der Waals surface area (Å²) in [5.74, 6) is -0.398. The summed E-state index contributed by atoms with van der Waals surface area (Å²) in [5.41, 5.74) is 5.11.